The summed E-state index contributed by atoms with van der Waals surface area (Å²) < 4.78 is 2.14. The third-order valence-corrected chi connectivity index (χ3v) is 5.56. The highest BCUT2D eigenvalue weighted by Gasteiger charge is 2.38. The average Bonchev–Trinajstić information content (AvgIpc) is 3.15. The highest BCUT2D eigenvalue weighted by molar-refractivity contribution is 5.81. The fourth-order valence-electron chi connectivity index (χ4n) is 4.32. The van der Waals surface area contributed by atoms with Crippen molar-refractivity contribution >= 4 is 17.0 Å². The van der Waals surface area contributed by atoms with Gasteiger partial charge in [0.15, 0.2) is 17.3 Å². The fraction of sp³-hybridized carbons (Fsp3) is 0.706. The van der Waals surface area contributed by atoms with Crippen molar-refractivity contribution < 1.29 is 5.11 Å². The number of nitrogen functional groups attached to an aromatic ring is 1. The van der Waals surface area contributed by atoms with Crippen LogP contribution in [-0.4, -0.2) is 24.6 Å². The van der Waals surface area contributed by atoms with Gasteiger partial charge in [0.2, 0.25) is 0 Å². The van der Waals surface area contributed by atoms with Crippen molar-refractivity contribution in [1.82, 2.24) is 19.5 Å². The first-order chi connectivity index (χ1) is 11.1. The van der Waals surface area contributed by atoms with E-state index in [1.807, 2.05) is 6.33 Å². The van der Waals surface area contributed by atoms with E-state index in [9.17, 15) is 5.11 Å². The Bertz CT molecular complexity index is 721. The van der Waals surface area contributed by atoms with Gasteiger partial charge in [0.05, 0.1) is 6.33 Å². The Morgan fingerprint density at radius 1 is 1.22 bits per heavy atom. The molecule has 2 saturated carbocycles. The molecule has 2 aromatic heterocycles. The quantitative estimate of drug-likeness (QED) is 0.889. The summed E-state index contributed by atoms with van der Waals surface area (Å²) in [7, 11) is 0. The lowest BCUT2D eigenvalue weighted by atomic mass is 9.78. The van der Waals surface area contributed by atoms with Gasteiger partial charge < -0.3 is 15.4 Å². The van der Waals surface area contributed by atoms with E-state index >= 15 is 0 Å². The molecule has 23 heavy (non-hydrogen) atoms. The number of imidazole rings is 1. The second kappa shape index (κ2) is 5.44. The number of rotatable bonds is 2. The van der Waals surface area contributed by atoms with Gasteiger partial charge in [-0.05, 0) is 38.0 Å². The zero-order valence-electron chi connectivity index (χ0n) is 13.7. The van der Waals surface area contributed by atoms with Gasteiger partial charge in [-0.1, -0.05) is 26.2 Å². The SMILES string of the molecule is C[C@@H]1CCC[C@@](O)(c2nc(N)c3ncn(C4CCCC4)c3n2)C1. The molecule has 2 heterocycles. The molecule has 3 N–H and O–H groups in total. The van der Waals surface area contributed by atoms with E-state index in [4.69, 9.17) is 10.7 Å². The Labute approximate surface area is 136 Å². The number of nitrogens with zero attached hydrogens (tertiary/aromatic N) is 4. The van der Waals surface area contributed by atoms with Crippen molar-refractivity contribution in [3.63, 3.8) is 0 Å². The lowest BCUT2D eigenvalue weighted by molar-refractivity contribution is -0.0253. The van der Waals surface area contributed by atoms with Crippen LogP contribution in [0.3, 0.4) is 0 Å². The molecule has 6 heteroatoms. The predicted molar refractivity (Wildman–Crippen MR) is 88.8 cm³/mol. The Hall–Kier alpha value is -1.69. The molecule has 0 bridgehead atoms. The van der Waals surface area contributed by atoms with Crippen LogP contribution in [-0.2, 0) is 5.60 Å². The van der Waals surface area contributed by atoms with Crippen molar-refractivity contribution in [3.05, 3.63) is 12.2 Å². The zero-order valence-corrected chi connectivity index (χ0v) is 13.7. The molecule has 0 aliphatic heterocycles. The Kier molecular flexibility index (Phi) is 3.52. The second-order valence-electron chi connectivity index (χ2n) is 7.43. The number of nitrogens with two attached hydrogens (primary N) is 1. The number of aromatic nitrogens is 4. The molecule has 124 valence electrons. The number of aliphatic hydroxyl groups is 1. The zero-order chi connectivity index (χ0) is 16.0. The summed E-state index contributed by atoms with van der Waals surface area (Å²) in [5.74, 6) is 1.34. The van der Waals surface area contributed by atoms with E-state index in [0.717, 1.165) is 31.3 Å². The van der Waals surface area contributed by atoms with Crippen LogP contribution in [0.5, 0.6) is 0 Å². The smallest absolute Gasteiger partial charge is 0.166 e. The van der Waals surface area contributed by atoms with E-state index < -0.39 is 5.60 Å². The highest BCUT2D eigenvalue weighted by atomic mass is 16.3. The molecule has 2 aliphatic rings. The molecular weight excluding hydrogens is 290 g/mol. The van der Waals surface area contributed by atoms with Gasteiger partial charge in [-0.3, -0.25) is 0 Å². The molecule has 2 fully saturated rings. The van der Waals surface area contributed by atoms with Crippen LogP contribution < -0.4 is 5.73 Å². The first kappa shape index (κ1) is 14.9. The normalized spacial score (nSPS) is 29.4. The molecule has 2 aromatic rings. The molecule has 2 atom stereocenters. The summed E-state index contributed by atoms with van der Waals surface area (Å²) in [6, 6.07) is 0.446. The van der Waals surface area contributed by atoms with Crippen LogP contribution in [0.2, 0.25) is 0 Å². The Morgan fingerprint density at radius 3 is 2.74 bits per heavy atom. The van der Waals surface area contributed by atoms with Gasteiger partial charge in [0.25, 0.3) is 0 Å². The van der Waals surface area contributed by atoms with Crippen LogP contribution in [0, 0.1) is 5.92 Å². The van der Waals surface area contributed by atoms with Gasteiger partial charge in [-0.15, -0.1) is 0 Å². The van der Waals surface area contributed by atoms with Crippen molar-refractivity contribution in [2.24, 2.45) is 5.92 Å². The summed E-state index contributed by atoms with van der Waals surface area (Å²) in [5, 5.41) is 11.1. The highest BCUT2D eigenvalue weighted by Crippen LogP contribution is 2.39. The summed E-state index contributed by atoms with van der Waals surface area (Å²) in [6.45, 7) is 2.18. The van der Waals surface area contributed by atoms with Gasteiger partial charge in [0, 0.05) is 6.04 Å². The van der Waals surface area contributed by atoms with Crippen molar-refractivity contribution in [1.29, 1.82) is 0 Å². The lowest BCUT2D eigenvalue weighted by Crippen LogP contribution is -2.34. The number of anilines is 1. The standard InChI is InChI=1S/C17H25N5O/c1-11-5-4-8-17(23,9-11)16-20-14(18)13-15(21-16)22(10-19-13)12-6-2-3-7-12/h10-12,23H,2-9H2,1H3,(H2,18,20,21)/t11-,17+/m1/s1. The number of fused-ring (bicyclic) bond motifs is 1. The maximum Gasteiger partial charge on any atom is 0.166 e. The van der Waals surface area contributed by atoms with Crippen LogP contribution in [0.15, 0.2) is 6.33 Å². The molecule has 0 saturated heterocycles. The molecule has 0 spiro atoms. The van der Waals surface area contributed by atoms with E-state index in [1.165, 1.54) is 12.8 Å². The van der Waals surface area contributed by atoms with Crippen molar-refractivity contribution in [3.8, 4) is 0 Å². The number of hydrogen-bond donors (Lipinski definition) is 2. The summed E-state index contributed by atoms with van der Waals surface area (Å²) in [6.07, 6.45) is 10.2. The van der Waals surface area contributed by atoms with Crippen LogP contribution in [0.4, 0.5) is 5.82 Å². The summed E-state index contributed by atoms with van der Waals surface area (Å²) >= 11 is 0. The third-order valence-electron chi connectivity index (χ3n) is 5.56. The molecule has 2 aliphatic carbocycles. The molecule has 6 nitrogen and oxygen atoms in total. The molecular formula is C17H25N5O. The van der Waals surface area contributed by atoms with E-state index in [0.29, 0.717) is 42.0 Å². The van der Waals surface area contributed by atoms with E-state index in [1.54, 1.807) is 0 Å². The van der Waals surface area contributed by atoms with Gasteiger partial charge >= 0.3 is 0 Å². The summed E-state index contributed by atoms with van der Waals surface area (Å²) in [4.78, 5) is 13.6. The topological polar surface area (TPSA) is 89.9 Å². The maximum absolute atomic E-state index is 11.1. The first-order valence-corrected chi connectivity index (χ1v) is 8.80. The largest absolute Gasteiger partial charge is 0.382 e. The molecule has 4 rings (SSSR count). The van der Waals surface area contributed by atoms with Crippen molar-refractivity contribution in [2.75, 3.05) is 5.73 Å². The minimum Gasteiger partial charge on any atom is -0.382 e. The second-order valence-corrected chi connectivity index (χ2v) is 7.43. The minimum absolute atomic E-state index is 0.383. The number of hydrogen-bond acceptors (Lipinski definition) is 5. The Balaban J connectivity index is 1.80. The minimum atomic E-state index is -0.954. The monoisotopic (exact) mass is 315 g/mol. The third kappa shape index (κ3) is 2.49. The van der Waals surface area contributed by atoms with Crippen molar-refractivity contribution in [2.45, 2.75) is 69.9 Å². The average molecular weight is 315 g/mol. The first-order valence-electron chi connectivity index (χ1n) is 8.80. The lowest BCUT2D eigenvalue weighted by Gasteiger charge is -2.34. The van der Waals surface area contributed by atoms with E-state index in [2.05, 4.69) is 21.5 Å². The van der Waals surface area contributed by atoms with E-state index in [-0.39, 0.29) is 0 Å². The van der Waals surface area contributed by atoms with Gasteiger partial charge in [0.1, 0.15) is 11.1 Å². The molecule has 0 aromatic carbocycles. The molecule has 0 radical (unpaired) electrons. The Morgan fingerprint density at radius 2 is 2.00 bits per heavy atom. The fourth-order valence-corrected chi connectivity index (χ4v) is 4.32. The van der Waals surface area contributed by atoms with Gasteiger partial charge in [-0.25, -0.2) is 15.0 Å². The van der Waals surface area contributed by atoms with Crippen LogP contribution in [0.1, 0.15) is 70.2 Å². The molecule has 0 unspecified atom stereocenters. The van der Waals surface area contributed by atoms with Gasteiger partial charge in [-0.2, -0.15) is 0 Å². The summed E-state index contributed by atoms with van der Waals surface area (Å²) in [5.41, 5.74) is 6.62. The van der Waals surface area contributed by atoms with Crippen LogP contribution >= 0.6 is 0 Å². The van der Waals surface area contributed by atoms with Crippen LogP contribution in [0.25, 0.3) is 11.2 Å². The maximum atomic E-state index is 11.1. The molecule has 0 amide bonds. The predicted octanol–water partition coefficient (Wildman–Crippen LogP) is 2.92.